The summed E-state index contributed by atoms with van der Waals surface area (Å²) in [4.78, 5) is 42.1. The highest BCUT2D eigenvalue weighted by atomic mass is 16.5. The van der Waals surface area contributed by atoms with Gasteiger partial charge in [-0.15, -0.1) is 0 Å². The number of benzene rings is 2. The smallest absolute Gasteiger partial charge is 0.332 e. The molecule has 0 saturated carbocycles. The van der Waals surface area contributed by atoms with Gasteiger partial charge in [-0.25, -0.2) is 9.69 Å². The first-order valence-electron chi connectivity index (χ1n) is 11.6. The van der Waals surface area contributed by atoms with Gasteiger partial charge in [-0.3, -0.25) is 9.59 Å². The molecule has 4 amide bonds. The van der Waals surface area contributed by atoms with E-state index < -0.39 is 18.0 Å². The minimum Gasteiger partial charge on any atom is -0.497 e. The first-order valence-corrected chi connectivity index (χ1v) is 11.6. The average Bonchev–Trinajstić information content (AvgIpc) is 3.05. The van der Waals surface area contributed by atoms with Crippen molar-refractivity contribution >= 4 is 29.2 Å². The van der Waals surface area contributed by atoms with Gasteiger partial charge in [0.15, 0.2) is 0 Å². The van der Waals surface area contributed by atoms with E-state index in [0.717, 1.165) is 23.5 Å². The van der Waals surface area contributed by atoms with Gasteiger partial charge in [-0.05, 0) is 55.2 Å². The Morgan fingerprint density at radius 2 is 1.82 bits per heavy atom. The lowest BCUT2D eigenvalue weighted by Gasteiger charge is -2.22. The monoisotopic (exact) mass is 467 g/mol. The zero-order valence-electron chi connectivity index (χ0n) is 20.2. The van der Waals surface area contributed by atoms with Crippen LogP contribution in [-0.4, -0.2) is 49.0 Å². The molecule has 1 atom stereocenters. The third-order valence-corrected chi connectivity index (χ3v) is 5.57. The summed E-state index contributed by atoms with van der Waals surface area (Å²) in [6, 6.07) is 12.6. The number of anilines is 2. The summed E-state index contributed by atoms with van der Waals surface area (Å²) >= 11 is 0. The van der Waals surface area contributed by atoms with Crippen LogP contribution in [0.3, 0.4) is 0 Å². The van der Waals surface area contributed by atoms with E-state index in [1.165, 1.54) is 12.0 Å². The zero-order chi connectivity index (χ0) is 24.7. The van der Waals surface area contributed by atoms with Gasteiger partial charge in [0.25, 0.3) is 5.91 Å². The Balaban J connectivity index is 1.75. The van der Waals surface area contributed by atoms with E-state index in [2.05, 4.69) is 19.2 Å². The zero-order valence-corrected chi connectivity index (χ0v) is 20.2. The van der Waals surface area contributed by atoms with E-state index in [1.54, 1.807) is 48.5 Å². The predicted octanol–water partition coefficient (Wildman–Crippen LogP) is 4.70. The minimum atomic E-state index is -0.871. The molecule has 182 valence electrons. The number of methoxy groups -OCH3 is 1. The van der Waals surface area contributed by atoms with Crippen LogP contribution < -0.4 is 19.7 Å². The fourth-order valence-electron chi connectivity index (χ4n) is 3.71. The lowest BCUT2D eigenvalue weighted by molar-refractivity contribution is -0.124. The molecule has 1 heterocycles. The maximum absolute atomic E-state index is 13.3. The van der Waals surface area contributed by atoms with Crippen molar-refractivity contribution < 1.29 is 23.9 Å². The molecule has 2 aromatic rings. The van der Waals surface area contributed by atoms with Gasteiger partial charge < -0.3 is 19.7 Å². The Kier molecular flexibility index (Phi) is 8.51. The number of hydrogen-bond acceptors (Lipinski definition) is 5. The van der Waals surface area contributed by atoms with Crippen LogP contribution in [0.15, 0.2) is 48.5 Å². The standard InChI is InChI=1S/C26H33N3O5/c1-5-15-34-21-11-9-19(10-12-21)27-24(30)17-23-25(31)29(20-7-6-8-22(16-20)33-4)26(32)28(23)14-13-18(2)3/h6-12,16,18,23H,5,13-15,17H2,1-4H3,(H,27,30). The normalized spacial score (nSPS) is 15.7. The molecule has 34 heavy (non-hydrogen) atoms. The lowest BCUT2D eigenvalue weighted by atomic mass is 10.1. The Bertz CT molecular complexity index is 1010. The van der Waals surface area contributed by atoms with E-state index in [9.17, 15) is 14.4 Å². The Morgan fingerprint density at radius 3 is 2.47 bits per heavy atom. The Hall–Kier alpha value is -3.55. The average molecular weight is 468 g/mol. The van der Waals surface area contributed by atoms with Crippen LogP contribution in [0.5, 0.6) is 11.5 Å². The number of rotatable bonds is 11. The van der Waals surface area contributed by atoms with Gasteiger partial charge in [-0.2, -0.15) is 0 Å². The second-order valence-corrected chi connectivity index (χ2v) is 8.67. The highest BCUT2D eigenvalue weighted by Crippen LogP contribution is 2.30. The lowest BCUT2D eigenvalue weighted by Crippen LogP contribution is -2.39. The predicted molar refractivity (Wildman–Crippen MR) is 131 cm³/mol. The van der Waals surface area contributed by atoms with E-state index in [4.69, 9.17) is 9.47 Å². The van der Waals surface area contributed by atoms with Gasteiger partial charge in [-0.1, -0.05) is 26.8 Å². The van der Waals surface area contributed by atoms with Crippen LogP contribution >= 0.6 is 0 Å². The highest BCUT2D eigenvalue weighted by Gasteiger charge is 2.46. The van der Waals surface area contributed by atoms with Gasteiger partial charge in [0.05, 0.1) is 25.8 Å². The maximum atomic E-state index is 13.3. The molecular formula is C26H33N3O5. The molecule has 8 nitrogen and oxygen atoms in total. The minimum absolute atomic E-state index is 0.128. The number of hydrogen-bond donors (Lipinski definition) is 1. The molecule has 0 aromatic heterocycles. The Morgan fingerprint density at radius 1 is 1.09 bits per heavy atom. The highest BCUT2D eigenvalue weighted by molar-refractivity contribution is 6.22. The number of carbonyl (C=O) groups excluding carboxylic acids is 3. The molecular weight excluding hydrogens is 434 g/mol. The molecule has 1 saturated heterocycles. The SMILES string of the molecule is CCCOc1ccc(NC(=O)CC2C(=O)N(c3cccc(OC)c3)C(=O)N2CCC(C)C)cc1. The number of urea groups is 1. The Labute approximate surface area is 200 Å². The summed E-state index contributed by atoms with van der Waals surface area (Å²) in [5, 5.41) is 2.82. The molecule has 3 rings (SSSR count). The van der Waals surface area contributed by atoms with Crippen LogP contribution in [0, 0.1) is 5.92 Å². The van der Waals surface area contributed by atoms with Crippen molar-refractivity contribution in [3.63, 3.8) is 0 Å². The van der Waals surface area contributed by atoms with Crippen molar-refractivity contribution in [1.82, 2.24) is 4.90 Å². The van der Waals surface area contributed by atoms with Crippen LogP contribution in [0.4, 0.5) is 16.2 Å². The molecule has 1 fully saturated rings. The van der Waals surface area contributed by atoms with E-state index in [-0.39, 0.29) is 12.3 Å². The first-order chi connectivity index (χ1) is 16.3. The summed E-state index contributed by atoms with van der Waals surface area (Å²) in [6.45, 7) is 7.16. The number of carbonyl (C=O) groups is 3. The van der Waals surface area contributed by atoms with E-state index >= 15 is 0 Å². The van der Waals surface area contributed by atoms with Crippen LogP contribution in [0.25, 0.3) is 0 Å². The fourth-order valence-corrected chi connectivity index (χ4v) is 3.71. The van der Waals surface area contributed by atoms with Crippen LogP contribution in [-0.2, 0) is 9.59 Å². The molecule has 1 unspecified atom stereocenters. The third kappa shape index (κ3) is 6.07. The molecule has 2 aromatic carbocycles. The molecule has 0 spiro atoms. The van der Waals surface area contributed by atoms with Crippen molar-refractivity contribution in [2.45, 2.75) is 46.1 Å². The van der Waals surface area contributed by atoms with Gasteiger partial charge >= 0.3 is 6.03 Å². The van der Waals surface area contributed by atoms with Crippen LogP contribution in [0.1, 0.15) is 40.0 Å². The van der Waals surface area contributed by atoms with Gasteiger partial charge in [0, 0.05) is 18.3 Å². The molecule has 0 aliphatic carbocycles. The first kappa shape index (κ1) is 25.1. The largest absolute Gasteiger partial charge is 0.497 e. The topological polar surface area (TPSA) is 88.2 Å². The summed E-state index contributed by atoms with van der Waals surface area (Å²) < 4.78 is 10.8. The second kappa shape index (κ2) is 11.5. The molecule has 8 heteroatoms. The maximum Gasteiger partial charge on any atom is 0.332 e. The molecule has 1 aliphatic rings. The summed E-state index contributed by atoms with van der Waals surface area (Å²) in [5.74, 6) is 0.858. The number of ether oxygens (including phenoxy) is 2. The second-order valence-electron chi connectivity index (χ2n) is 8.67. The van der Waals surface area contributed by atoms with Gasteiger partial charge in [0.1, 0.15) is 17.5 Å². The molecule has 1 aliphatic heterocycles. The quantitative estimate of drug-likeness (QED) is 0.484. The number of amides is 4. The van der Waals surface area contributed by atoms with Crippen LogP contribution in [0.2, 0.25) is 0 Å². The number of nitrogens with one attached hydrogen (secondary N) is 1. The van der Waals surface area contributed by atoms with Gasteiger partial charge in [0.2, 0.25) is 5.91 Å². The van der Waals surface area contributed by atoms with Crippen molar-refractivity contribution in [3.8, 4) is 11.5 Å². The molecule has 0 radical (unpaired) electrons. The molecule has 1 N–H and O–H groups in total. The fraction of sp³-hybridized carbons (Fsp3) is 0.423. The van der Waals surface area contributed by atoms with Crippen molar-refractivity contribution in [2.75, 3.05) is 30.5 Å². The van der Waals surface area contributed by atoms with E-state index in [1.807, 2.05) is 6.92 Å². The van der Waals surface area contributed by atoms with Crippen molar-refractivity contribution in [2.24, 2.45) is 5.92 Å². The summed E-state index contributed by atoms with van der Waals surface area (Å²) in [7, 11) is 1.53. The summed E-state index contributed by atoms with van der Waals surface area (Å²) in [6.07, 6.45) is 1.51. The number of nitrogens with zero attached hydrogens (tertiary/aromatic N) is 2. The summed E-state index contributed by atoms with van der Waals surface area (Å²) in [5.41, 5.74) is 1.03. The van der Waals surface area contributed by atoms with E-state index in [0.29, 0.717) is 36.2 Å². The number of imide groups is 1. The van der Waals surface area contributed by atoms with Crippen molar-refractivity contribution in [3.05, 3.63) is 48.5 Å². The van der Waals surface area contributed by atoms with Crippen molar-refractivity contribution in [1.29, 1.82) is 0 Å². The molecule has 0 bridgehead atoms. The third-order valence-electron chi connectivity index (χ3n) is 5.57.